The number of benzene rings is 1. The molecular formula is C14H21FN2O. The van der Waals surface area contributed by atoms with Crippen molar-refractivity contribution in [1.29, 1.82) is 0 Å². The molecule has 1 amide bonds. The first-order valence-electron chi connectivity index (χ1n) is 6.27. The van der Waals surface area contributed by atoms with E-state index >= 15 is 0 Å². The number of nitrogens with one attached hydrogen (secondary N) is 1. The molecular weight excluding hydrogens is 231 g/mol. The van der Waals surface area contributed by atoms with Crippen molar-refractivity contribution in [2.75, 3.05) is 18.5 Å². The van der Waals surface area contributed by atoms with E-state index < -0.39 is 0 Å². The number of rotatable bonds is 6. The SMILES string of the molecule is CC(C)NCCCC(=O)N(C)c1ccccc1F. The lowest BCUT2D eigenvalue weighted by molar-refractivity contribution is -0.118. The lowest BCUT2D eigenvalue weighted by Gasteiger charge is -2.18. The Kier molecular flexibility index (Phi) is 5.78. The molecule has 100 valence electrons. The van der Waals surface area contributed by atoms with Gasteiger partial charge in [-0.05, 0) is 25.1 Å². The topological polar surface area (TPSA) is 32.3 Å². The Morgan fingerprint density at radius 3 is 2.67 bits per heavy atom. The highest BCUT2D eigenvalue weighted by Crippen LogP contribution is 2.17. The Labute approximate surface area is 108 Å². The average molecular weight is 252 g/mol. The minimum absolute atomic E-state index is 0.0642. The summed E-state index contributed by atoms with van der Waals surface area (Å²) >= 11 is 0. The van der Waals surface area contributed by atoms with Crippen molar-refractivity contribution >= 4 is 11.6 Å². The quantitative estimate of drug-likeness (QED) is 0.789. The van der Waals surface area contributed by atoms with Gasteiger partial charge in [-0.15, -0.1) is 0 Å². The molecule has 0 heterocycles. The van der Waals surface area contributed by atoms with Crippen molar-refractivity contribution in [3.05, 3.63) is 30.1 Å². The van der Waals surface area contributed by atoms with E-state index in [1.54, 1.807) is 25.2 Å². The zero-order chi connectivity index (χ0) is 13.5. The predicted molar refractivity (Wildman–Crippen MR) is 72.2 cm³/mol. The van der Waals surface area contributed by atoms with Gasteiger partial charge in [0, 0.05) is 19.5 Å². The first kappa shape index (κ1) is 14.6. The summed E-state index contributed by atoms with van der Waals surface area (Å²) in [5.74, 6) is -0.431. The molecule has 3 nitrogen and oxygen atoms in total. The van der Waals surface area contributed by atoms with Gasteiger partial charge < -0.3 is 10.2 Å². The first-order chi connectivity index (χ1) is 8.52. The summed E-state index contributed by atoms with van der Waals surface area (Å²) < 4.78 is 13.5. The van der Waals surface area contributed by atoms with Crippen LogP contribution in [0.15, 0.2) is 24.3 Å². The lowest BCUT2D eigenvalue weighted by atomic mass is 10.2. The summed E-state index contributed by atoms with van der Waals surface area (Å²) in [6, 6.07) is 6.73. The number of para-hydroxylation sites is 1. The van der Waals surface area contributed by atoms with Gasteiger partial charge in [0.1, 0.15) is 5.82 Å². The normalized spacial score (nSPS) is 10.7. The van der Waals surface area contributed by atoms with E-state index in [4.69, 9.17) is 0 Å². The highest BCUT2D eigenvalue weighted by Gasteiger charge is 2.13. The van der Waals surface area contributed by atoms with Gasteiger partial charge in [0.25, 0.3) is 0 Å². The summed E-state index contributed by atoms with van der Waals surface area (Å²) in [4.78, 5) is 13.3. The summed E-state index contributed by atoms with van der Waals surface area (Å²) in [5.41, 5.74) is 0.333. The van der Waals surface area contributed by atoms with Crippen LogP contribution in [0.2, 0.25) is 0 Å². The van der Waals surface area contributed by atoms with Gasteiger partial charge in [-0.1, -0.05) is 26.0 Å². The minimum Gasteiger partial charge on any atom is -0.315 e. The average Bonchev–Trinajstić information content (AvgIpc) is 2.34. The van der Waals surface area contributed by atoms with Crippen LogP contribution >= 0.6 is 0 Å². The predicted octanol–water partition coefficient (Wildman–Crippen LogP) is 2.57. The van der Waals surface area contributed by atoms with Gasteiger partial charge in [-0.3, -0.25) is 4.79 Å². The minimum atomic E-state index is -0.367. The van der Waals surface area contributed by atoms with Gasteiger partial charge in [-0.25, -0.2) is 4.39 Å². The van der Waals surface area contributed by atoms with Crippen LogP contribution in [0, 0.1) is 5.82 Å². The molecule has 1 aromatic carbocycles. The number of amides is 1. The zero-order valence-electron chi connectivity index (χ0n) is 11.2. The smallest absolute Gasteiger partial charge is 0.226 e. The van der Waals surface area contributed by atoms with Crippen molar-refractivity contribution in [3.63, 3.8) is 0 Å². The van der Waals surface area contributed by atoms with Crippen LogP contribution in [0.5, 0.6) is 0 Å². The van der Waals surface area contributed by atoms with Gasteiger partial charge in [0.05, 0.1) is 5.69 Å². The highest BCUT2D eigenvalue weighted by atomic mass is 19.1. The number of hydrogen-bond donors (Lipinski definition) is 1. The molecule has 0 fully saturated rings. The van der Waals surface area contributed by atoms with Crippen LogP contribution in [0.3, 0.4) is 0 Å². The van der Waals surface area contributed by atoms with Crippen LogP contribution in [0.25, 0.3) is 0 Å². The number of halogens is 1. The van der Waals surface area contributed by atoms with E-state index in [0.717, 1.165) is 13.0 Å². The van der Waals surface area contributed by atoms with E-state index in [2.05, 4.69) is 19.2 Å². The van der Waals surface area contributed by atoms with Crippen molar-refractivity contribution in [2.45, 2.75) is 32.7 Å². The van der Waals surface area contributed by atoms with Crippen molar-refractivity contribution in [3.8, 4) is 0 Å². The monoisotopic (exact) mass is 252 g/mol. The highest BCUT2D eigenvalue weighted by molar-refractivity contribution is 5.92. The molecule has 0 unspecified atom stereocenters. The molecule has 1 N–H and O–H groups in total. The van der Waals surface area contributed by atoms with Crippen LogP contribution in [-0.4, -0.2) is 25.5 Å². The molecule has 18 heavy (non-hydrogen) atoms. The Hall–Kier alpha value is -1.42. The summed E-state index contributed by atoms with van der Waals surface area (Å²) in [5, 5.41) is 3.25. The van der Waals surface area contributed by atoms with Gasteiger partial charge in [0.2, 0.25) is 5.91 Å². The number of nitrogens with zero attached hydrogens (tertiary/aromatic N) is 1. The van der Waals surface area contributed by atoms with E-state index in [9.17, 15) is 9.18 Å². The molecule has 0 radical (unpaired) electrons. The van der Waals surface area contributed by atoms with Crippen molar-refractivity contribution in [1.82, 2.24) is 5.32 Å². The standard InChI is InChI=1S/C14H21FN2O/c1-11(2)16-10-6-9-14(18)17(3)13-8-5-4-7-12(13)15/h4-5,7-8,11,16H,6,9-10H2,1-3H3. The fraction of sp³-hybridized carbons (Fsp3) is 0.500. The van der Waals surface area contributed by atoms with Crippen LogP contribution < -0.4 is 10.2 Å². The maximum Gasteiger partial charge on any atom is 0.226 e. The third kappa shape index (κ3) is 4.45. The Balaban J connectivity index is 2.45. The lowest BCUT2D eigenvalue weighted by Crippen LogP contribution is -2.29. The molecule has 0 aromatic heterocycles. The molecule has 1 aromatic rings. The second kappa shape index (κ2) is 7.11. The second-order valence-corrected chi connectivity index (χ2v) is 4.62. The fourth-order valence-electron chi connectivity index (χ4n) is 1.66. The molecule has 0 spiro atoms. The van der Waals surface area contributed by atoms with Gasteiger partial charge in [-0.2, -0.15) is 0 Å². The Bertz CT molecular complexity index is 393. The maximum atomic E-state index is 13.5. The molecule has 0 saturated carbocycles. The van der Waals surface area contributed by atoms with E-state index in [-0.39, 0.29) is 11.7 Å². The Morgan fingerprint density at radius 2 is 2.06 bits per heavy atom. The fourth-order valence-corrected chi connectivity index (χ4v) is 1.66. The van der Waals surface area contributed by atoms with Crippen LogP contribution in [-0.2, 0) is 4.79 Å². The molecule has 0 aliphatic carbocycles. The summed E-state index contributed by atoms with van der Waals surface area (Å²) in [7, 11) is 1.61. The van der Waals surface area contributed by atoms with Gasteiger partial charge >= 0.3 is 0 Å². The molecule has 0 bridgehead atoms. The zero-order valence-corrected chi connectivity index (χ0v) is 11.2. The number of hydrogen-bond acceptors (Lipinski definition) is 2. The van der Waals surface area contributed by atoms with E-state index in [1.807, 2.05) is 0 Å². The molecule has 0 aliphatic heterocycles. The van der Waals surface area contributed by atoms with Crippen molar-refractivity contribution < 1.29 is 9.18 Å². The summed E-state index contributed by atoms with van der Waals surface area (Å²) in [6.45, 7) is 4.93. The number of carbonyl (C=O) groups is 1. The number of carbonyl (C=O) groups excluding carboxylic acids is 1. The van der Waals surface area contributed by atoms with Crippen molar-refractivity contribution in [2.24, 2.45) is 0 Å². The van der Waals surface area contributed by atoms with Gasteiger partial charge in [0.15, 0.2) is 0 Å². The number of anilines is 1. The molecule has 1 rings (SSSR count). The first-order valence-corrected chi connectivity index (χ1v) is 6.27. The third-order valence-electron chi connectivity index (χ3n) is 2.71. The Morgan fingerprint density at radius 1 is 1.39 bits per heavy atom. The third-order valence-corrected chi connectivity index (χ3v) is 2.71. The van der Waals surface area contributed by atoms with E-state index in [0.29, 0.717) is 18.2 Å². The molecule has 0 aliphatic rings. The maximum absolute atomic E-state index is 13.5. The molecule has 0 atom stereocenters. The molecule has 4 heteroatoms. The van der Waals surface area contributed by atoms with Crippen LogP contribution in [0.1, 0.15) is 26.7 Å². The van der Waals surface area contributed by atoms with E-state index in [1.165, 1.54) is 11.0 Å². The molecule has 0 saturated heterocycles. The summed E-state index contributed by atoms with van der Waals surface area (Å²) in [6.07, 6.45) is 1.18. The van der Waals surface area contributed by atoms with Crippen LogP contribution in [0.4, 0.5) is 10.1 Å². The largest absolute Gasteiger partial charge is 0.315 e. The second-order valence-electron chi connectivity index (χ2n) is 4.62.